The molecule has 0 spiro atoms. The maximum atomic E-state index is 5.39. The van der Waals surface area contributed by atoms with Crippen molar-refractivity contribution in [2.24, 2.45) is 0 Å². The quantitative estimate of drug-likeness (QED) is 0.780. The van der Waals surface area contributed by atoms with Crippen LogP contribution in [0, 0.1) is 6.92 Å². The number of para-hydroxylation sites is 1. The van der Waals surface area contributed by atoms with Gasteiger partial charge in [0.25, 0.3) is 0 Å². The molecule has 0 heterocycles. The second-order valence-corrected chi connectivity index (χ2v) is 6.61. The van der Waals surface area contributed by atoms with Gasteiger partial charge in [-0.2, -0.15) is 0 Å². The van der Waals surface area contributed by atoms with Crippen molar-refractivity contribution < 1.29 is 4.74 Å². The number of hydrogen-bond acceptors (Lipinski definition) is 1. The zero-order valence-corrected chi connectivity index (χ0v) is 11.8. The molecule has 0 aliphatic carbocycles. The van der Waals surface area contributed by atoms with Crippen molar-refractivity contribution >= 4 is 28.1 Å². The maximum absolute atomic E-state index is 5.39. The van der Waals surface area contributed by atoms with Crippen molar-refractivity contribution in [3.05, 3.63) is 54.1 Å². The molecule has 0 aliphatic rings. The first-order valence-corrected chi connectivity index (χ1v) is 7.51. The molecule has 2 aromatic carbocycles. The van der Waals surface area contributed by atoms with Crippen LogP contribution >= 0.6 is 0 Å². The minimum atomic E-state index is -0.341. The number of benzene rings is 2. The summed E-state index contributed by atoms with van der Waals surface area (Å²) in [6, 6.07) is 16.9. The van der Waals surface area contributed by atoms with Gasteiger partial charge in [0.05, 0.1) is 0 Å². The first-order chi connectivity index (χ1) is 7.81. The van der Waals surface area contributed by atoms with Crippen LogP contribution in [0.5, 0.6) is 5.75 Å². The summed E-state index contributed by atoms with van der Waals surface area (Å²) < 4.78 is 8.24. The fraction of sp³-hybridized carbons (Fsp3) is 0.143. The summed E-state index contributed by atoms with van der Waals surface area (Å²) in [6.07, 6.45) is 0. The molecular weight excluding hydrogens is 312 g/mol. The molecule has 2 heteroatoms. The fourth-order valence-electron chi connectivity index (χ4n) is 1.49. The molecule has 0 amide bonds. The van der Waals surface area contributed by atoms with Gasteiger partial charge in [0, 0.05) is 0 Å². The first kappa shape index (κ1) is 11.5. The Balaban J connectivity index is 2.30. The Labute approximate surface area is 107 Å². The van der Waals surface area contributed by atoms with Crippen LogP contribution in [0.25, 0.3) is 0 Å². The molecule has 0 radical (unpaired) electrons. The first-order valence-electron chi connectivity index (χ1n) is 5.18. The summed E-state index contributed by atoms with van der Waals surface area (Å²) in [5.74, 6) is 1.02. The zero-order valence-electron chi connectivity index (χ0n) is 9.44. The SMILES string of the molecule is COc1ccccc1[Te]c1ccccc1C. The molecule has 2 aromatic rings. The standard InChI is InChI=1S/C14H14OTe/c1-11-7-3-5-9-13(11)16-14-10-6-4-8-12(14)15-2/h3-10H,1-2H3. The molecular formula is C14H14OTe. The third kappa shape index (κ3) is 2.58. The van der Waals surface area contributed by atoms with Crippen molar-refractivity contribution in [1.82, 2.24) is 0 Å². The van der Waals surface area contributed by atoms with Gasteiger partial charge in [0.2, 0.25) is 0 Å². The molecule has 0 unspecified atom stereocenters. The average Bonchev–Trinajstić information content (AvgIpc) is 2.33. The van der Waals surface area contributed by atoms with E-state index in [0.29, 0.717) is 0 Å². The van der Waals surface area contributed by atoms with Gasteiger partial charge in [-0.25, -0.2) is 0 Å². The summed E-state index contributed by atoms with van der Waals surface area (Å²) in [5.41, 5.74) is 1.39. The topological polar surface area (TPSA) is 9.23 Å². The molecule has 0 bridgehead atoms. The molecule has 82 valence electrons. The number of methoxy groups -OCH3 is 1. The van der Waals surface area contributed by atoms with E-state index >= 15 is 0 Å². The number of hydrogen-bond donors (Lipinski definition) is 0. The van der Waals surface area contributed by atoms with Crippen LogP contribution in [-0.2, 0) is 0 Å². The molecule has 2 rings (SSSR count). The predicted octanol–water partition coefficient (Wildman–Crippen LogP) is 1.66. The molecule has 0 saturated heterocycles. The number of ether oxygens (including phenoxy) is 1. The average molecular weight is 326 g/mol. The van der Waals surface area contributed by atoms with Crippen LogP contribution < -0.4 is 12.0 Å². The monoisotopic (exact) mass is 328 g/mol. The normalized spacial score (nSPS) is 10.1. The van der Waals surface area contributed by atoms with Gasteiger partial charge in [0.1, 0.15) is 0 Å². The van der Waals surface area contributed by atoms with Crippen LogP contribution in [-0.4, -0.2) is 28.0 Å². The molecule has 0 atom stereocenters. The van der Waals surface area contributed by atoms with Gasteiger partial charge in [-0.1, -0.05) is 0 Å². The van der Waals surface area contributed by atoms with E-state index < -0.39 is 0 Å². The minimum absolute atomic E-state index is 0.341. The summed E-state index contributed by atoms with van der Waals surface area (Å²) in [4.78, 5) is 0. The summed E-state index contributed by atoms with van der Waals surface area (Å²) in [5, 5.41) is 0. The molecule has 16 heavy (non-hydrogen) atoms. The van der Waals surface area contributed by atoms with Crippen LogP contribution in [0.1, 0.15) is 5.56 Å². The van der Waals surface area contributed by atoms with Crippen molar-refractivity contribution in [3.63, 3.8) is 0 Å². The van der Waals surface area contributed by atoms with Crippen molar-refractivity contribution in [3.8, 4) is 5.75 Å². The third-order valence-corrected chi connectivity index (χ3v) is 5.91. The molecule has 0 fully saturated rings. The summed E-state index contributed by atoms with van der Waals surface area (Å²) >= 11 is -0.341. The van der Waals surface area contributed by atoms with Crippen LogP contribution in [0.4, 0.5) is 0 Å². The Morgan fingerprint density at radius 1 is 0.875 bits per heavy atom. The van der Waals surface area contributed by atoms with Crippen LogP contribution in [0.3, 0.4) is 0 Å². The number of rotatable bonds is 3. The molecule has 0 aliphatic heterocycles. The van der Waals surface area contributed by atoms with Gasteiger partial charge in [-0.3, -0.25) is 0 Å². The Morgan fingerprint density at radius 2 is 1.50 bits per heavy atom. The van der Waals surface area contributed by atoms with Gasteiger partial charge in [-0.15, -0.1) is 0 Å². The van der Waals surface area contributed by atoms with Crippen LogP contribution in [0.2, 0.25) is 0 Å². The van der Waals surface area contributed by atoms with E-state index in [2.05, 4.69) is 43.3 Å². The number of aryl methyl sites for hydroxylation is 1. The van der Waals surface area contributed by atoms with Gasteiger partial charge in [-0.05, 0) is 0 Å². The molecule has 1 nitrogen and oxygen atoms in total. The van der Waals surface area contributed by atoms with Crippen molar-refractivity contribution in [2.75, 3.05) is 7.11 Å². The third-order valence-electron chi connectivity index (χ3n) is 2.38. The predicted molar refractivity (Wildman–Crippen MR) is 69.2 cm³/mol. The van der Waals surface area contributed by atoms with Gasteiger partial charge < -0.3 is 0 Å². The molecule has 0 N–H and O–H groups in total. The van der Waals surface area contributed by atoms with Crippen LogP contribution in [0.15, 0.2) is 48.5 Å². The fourth-order valence-corrected chi connectivity index (χ4v) is 4.38. The van der Waals surface area contributed by atoms with E-state index in [0.717, 1.165) is 5.75 Å². The summed E-state index contributed by atoms with van der Waals surface area (Å²) in [6.45, 7) is 2.18. The van der Waals surface area contributed by atoms with Gasteiger partial charge >= 0.3 is 107 Å². The van der Waals surface area contributed by atoms with E-state index in [4.69, 9.17) is 4.74 Å². The molecule has 0 saturated carbocycles. The van der Waals surface area contributed by atoms with E-state index in [1.807, 2.05) is 12.1 Å². The van der Waals surface area contributed by atoms with Crippen molar-refractivity contribution in [2.45, 2.75) is 6.92 Å². The second kappa shape index (κ2) is 5.39. The van der Waals surface area contributed by atoms with Crippen molar-refractivity contribution in [1.29, 1.82) is 0 Å². The molecule has 0 aromatic heterocycles. The van der Waals surface area contributed by atoms with Gasteiger partial charge in [0.15, 0.2) is 0 Å². The zero-order chi connectivity index (χ0) is 11.4. The summed E-state index contributed by atoms with van der Waals surface area (Å²) in [7, 11) is 1.74. The van der Waals surface area contributed by atoms with E-state index in [1.54, 1.807) is 7.11 Å². The Kier molecular flexibility index (Phi) is 3.88. The van der Waals surface area contributed by atoms with E-state index in [9.17, 15) is 0 Å². The Morgan fingerprint density at radius 3 is 2.19 bits per heavy atom. The Hall–Kier alpha value is -0.970. The van der Waals surface area contributed by atoms with E-state index in [1.165, 1.54) is 12.8 Å². The Bertz CT molecular complexity index is 480. The van der Waals surface area contributed by atoms with E-state index in [-0.39, 0.29) is 20.9 Å². The second-order valence-electron chi connectivity index (χ2n) is 3.52.